The zero-order valence-corrected chi connectivity index (χ0v) is 12.5. The SMILES string of the molecule is CCOC(=O)[C@H]1CCCN(c2ncnc3ccc(F)cc23)C1. The molecule has 116 valence electrons. The molecule has 5 nitrogen and oxygen atoms in total. The molecule has 1 aliphatic heterocycles. The Balaban J connectivity index is 1.90. The summed E-state index contributed by atoms with van der Waals surface area (Å²) in [6.45, 7) is 3.52. The molecule has 1 aromatic heterocycles. The Morgan fingerprint density at radius 1 is 1.45 bits per heavy atom. The number of aromatic nitrogens is 2. The average molecular weight is 303 g/mol. The van der Waals surface area contributed by atoms with Crippen molar-refractivity contribution in [2.75, 3.05) is 24.6 Å². The standard InChI is InChI=1S/C16H18FN3O2/c1-2-22-16(21)11-4-3-7-20(9-11)15-13-8-12(17)5-6-14(13)18-10-19-15/h5-6,8,10-11H,2-4,7,9H2,1H3/t11-/m0/s1. The van der Waals surface area contributed by atoms with Crippen LogP contribution >= 0.6 is 0 Å². The van der Waals surface area contributed by atoms with E-state index in [2.05, 4.69) is 9.97 Å². The van der Waals surface area contributed by atoms with Crippen LogP contribution in [0.15, 0.2) is 24.5 Å². The van der Waals surface area contributed by atoms with Crippen molar-refractivity contribution in [1.82, 2.24) is 9.97 Å². The van der Waals surface area contributed by atoms with Crippen LogP contribution in [0.2, 0.25) is 0 Å². The Morgan fingerprint density at radius 2 is 2.32 bits per heavy atom. The van der Waals surface area contributed by atoms with E-state index in [9.17, 15) is 9.18 Å². The summed E-state index contributed by atoms with van der Waals surface area (Å²) >= 11 is 0. The highest BCUT2D eigenvalue weighted by molar-refractivity contribution is 5.89. The van der Waals surface area contributed by atoms with Gasteiger partial charge in [0.15, 0.2) is 0 Å². The van der Waals surface area contributed by atoms with E-state index in [-0.39, 0.29) is 17.7 Å². The van der Waals surface area contributed by atoms with E-state index in [1.807, 2.05) is 4.90 Å². The van der Waals surface area contributed by atoms with Crippen LogP contribution in [0.3, 0.4) is 0 Å². The zero-order valence-electron chi connectivity index (χ0n) is 12.5. The van der Waals surface area contributed by atoms with Crippen LogP contribution in [-0.2, 0) is 9.53 Å². The molecule has 2 aromatic rings. The summed E-state index contributed by atoms with van der Waals surface area (Å²) in [6.07, 6.45) is 3.17. The Labute approximate surface area is 128 Å². The first-order chi connectivity index (χ1) is 10.7. The van der Waals surface area contributed by atoms with Gasteiger partial charge in [-0.15, -0.1) is 0 Å². The largest absolute Gasteiger partial charge is 0.466 e. The van der Waals surface area contributed by atoms with Gasteiger partial charge in [0.2, 0.25) is 0 Å². The van der Waals surface area contributed by atoms with Gasteiger partial charge in [-0.05, 0) is 38.0 Å². The topological polar surface area (TPSA) is 55.3 Å². The maximum Gasteiger partial charge on any atom is 0.310 e. The Hall–Kier alpha value is -2.24. The predicted molar refractivity (Wildman–Crippen MR) is 81.1 cm³/mol. The van der Waals surface area contributed by atoms with E-state index in [1.165, 1.54) is 18.5 Å². The highest BCUT2D eigenvalue weighted by Gasteiger charge is 2.28. The molecule has 0 N–H and O–H groups in total. The van der Waals surface area contributed by atoms with Crippen molar-refractivity contribution in [3.8, 4) is 0 Å². The molecule has 0 bridgehead atoms. The third kappa shape index (κ3) is 2.86. The first kappa shape index (κ1) is 14.7. The number of piperidine rings is 1. The molecule has 0 spiro atoms. The molecule has 0 saturated carbocycles. The molecule has 2 heterocycles. The molecule has 0 radical (unpaired) electrons. The van der Waals surface area contributed by atoms with Crippen molar-refractivity contribution in [2.24, 2.45) is 5.92 Å². The average Bonchev–Trinajstić information content (AvgIpc) is 2.54. The fourth-order valence-corrected chi connectivity index (χ4v) is 2.89. The number of nitrogens with zero attached hydrogens (tertiary/aromatic N) is 3. The van der Waals surface area contributed by atoms with Crippen LogP contribution < -0.4 is 4.90 Å². The van der Waals surface area contributed by atoms with Crippen molar-refractivity contribution in [3.05, 3.63) is 30.3 Å². The summed E-state index contributed by atoms with van der Waals surface area (Å²) in [5.74, 6) is 0.0324. The number of benzene rings is 1. The molecule has 1 aromatic carbocycles. The van der Waals surface area contributed by atoms with Crippen molar-refractivity contribution in [2.45, 2.75) is 19.8 Å². The molecule has 0 amide bonds. The van der Waals surface area contributed by atoms with Gasteiger partial charge in [0, 0.05) is 18.5 Å². The second-order valence-corrected chi connectivity index (χ2v) is 5.40. The van der Waals surface area contributed by atoms with E-state index in [0.29, 0.717) is 29.9 Å². The number of carbonyl (C=O) groups excluding carboxylic acids is 1. The van der Waals surface area contributed by atoms with Gasteiger partial charge < -0.3 is 9.64 Å². The maximum absolute atomic E-state index is 13.5. The van der Waals surface area contributed by atoms with Gasteiger partial charge in [-0.2, -0.15) is 0 Å². The lowest BCUT2D eigenvalue weighted by Crippen LogP contribution is -2.40. The summed E-state index contributed by atoms with van der Waals surface area (Å²) in [6, 6.07) is 4.47. The molecular weight excluding hydrogens is 285 g/mol. The molecule has 6 heteroatoms. The fraction of sp³-hybridized carbons (Fsp3) is 0.438. The number of halogens is 1. The summed E-state index contributed by atoms with van der Waals surface area (Å²) in [5, 5.41) is 0.673. The maximum atomic E-state index is 13.5. The highest BCUT2D eigenvalue weighted by Crippen LogP contribution is 2.28. The molecule has 3 rings (SSSR count). The van der Waals surface area contributed by atoms with Crippen LogP contribution in [-0.4, -0.2) is 35.6 Å². The Bertz CT molecular complexity index is 692. The van der Waals surface area contributed by atoms with Crippen LogP contribution in [0.1, 0.15) is 19.8 Å². The number of anilines is 1. The molecule has 1 saturated heterocycles. The molecule has 1 atom stereocenters. The number of esters is 1. The quantitative estimate of drug-likeness (QED) is 0.816. The van der Waals surface area contributed by atoms with Gasteiger partial charge >= 0.3 is 5.97 Å². The van der Waals surface area contributed by atoms with Crippen LogP contribution in [0.5, 0.6) is 0 Å². The number of carbonyl (C=O) groups is 1. The van der Waals surface area contributed by atoms with Gasteiger partial charge in [-0.1, -0.05) is 0 Å². The lowest BCUT2D eigenvalue weighted by molar-refractivity contribution is -0.148. The van der Waals surface area contributed by atoms with E-state index in [4.69, 9.17) is 4.74 Å². The molecular formula is C16H18FN3O2. The number of fused-ring (bicyclic) bond motifs is 1. The highest BCUT2D eigenvalue weighted by atomic mass is 19.1. The number of ether oxygens (including phenoxy) is 1. The van der Waals surface area contributed by atoms with Crippen LogP contribution in [0, 0.1) is 11.7 Å². The minimum Gasteiger partial charge on any atom is -0.466 e. The monoisotopic (exact) mass is 303 g/mol. The molecule has 22 heavy (non-hydrogen) atoms. The molecule has 1 fully saturated rings. The van der Waals surface area contributed by atoms with Crippen LogP contribution in [0.4, 0.5) is 10.2 Å². The summed E-state index contributed by atoms with van der Waals surface area (Å²) in [4.78, 5) is 22.4. The van der Waals surface area contributed by atoms with Crippen molar-refractivity contribution >= 4 is 22.7 Å². The van der Waals surface area contributed by atoms with Gasteiger partial charge in [0.1, 0.15) is 18.0 Å². The zero-order chi connectivity index (χ0) is 15.5. The fourth-order valence-electron chi connectivity index (χ4n) is 2.89. The number of hydrogen-bond donors (Lipinski definition) is 0. The Morgan fingerprint density at radius 3 is 3.14 bits per heavy atom. The Kier molecular flexibility index (Phi) is 4.18. The number of rotatable bonds is 3. The second-order valence-electron chi connectivity index (χ2n) is 5.40. The van der Waals surface area contributed by atoms with Gasteiger partial charge in [-0.3, -0.25) is 4.79 Å². The van der Waals surface area contributed by atoms with E-state index in [1.54, 1.807) is 13.0 Å². The third-order valence-electron chi connectivity index (χ3n) is 3.92. The molecule has 0 aliphatic carbocycles. The van der Waals surface area contributed by atoms with Crippen molar-refractivity contribution in [1.29, 1.82) is 0 Å². The summed E-state index contributed by atoms with van der Waals surface area (Å²) in [7, 11) is 0. The number of hydrogen-bond acceptors (Lipinski definition) is 5. The van der Waals surface area contributed by atoms with E-state index < -0.39 is 0 Å². The predicted octanol–water partition coefficient (Wildman–Crippen LogP) is 2.55. The van der Waals surface area contributed by atoms with Crippen molar-refractivity contribution in [3.63, 3.8) is 0 Å². The second kappa shape index (κ2) is 6.25. The summed E-state index contributed by atoms with van der Waals surface area (Å²) < 4.78 is 18.7. The molecule has 1 aliphatic rings. The third-order valence-corrected chi connectivity index (χ3v) is 3.92. The van der Waals surface area contributed by atoms with Crippen molar-refractivity contribution < 1.29 is 13.9 Å². The first-order valence-electron chi connectivity index (χ1n) is 7.51. The minimum absolute atomic E-state index is 0.160. The van der Waals surface area contributed by atoms with Gasteiger partial charge in [-0.25, -0.2) is 14.4 Å². The first-order valence-corrected chi connectivity index (χ1v) is 7.51. The smallest absolute Gasteiger partial charge is 0.310 e. The van der Waals surface area contributed by atoms with E-state index in [0.717, 1.165) is 19.4 Å². The van der Waals surface area contributed by atoms with E-state index >= 15 is 0 Å². The minimum atomic E-state index is -0.317. The normalized spacial score (nSPS) is 18.5. The summed E-state index contributed by atoms with van der Waals surface area (Å²) in [5.41, 5.74) is 0.699. The van der Waals surface area contributed by atoms with Gasteiger partial charge in [0.05, 0.1) is 18.0 Å². The van der Waals surface area contributed by atoms with Gasteiger partial charge in [0.25, 0.3) is 0 Å². The van der Waals surface area contributed by atoms with Crippen LogP contribution in [0.25, 0.3) is 10.9 Å². The molecule has 0 unspecified atom stereocenters. The lowest BCUT2D eigenvalue weighted by Gasteiger charge is -2.32. The lowest BCUT2D eigenvalue weighted by atomic mass is 9.98.